The highest BCUT2D eigenvalue weighted by atomic mass is 16.5. The number of hydrogen-bond acceptors (Lipinski definition) is 6. The molecule has 0 fully saturated rings. The quantitative estimate of drug-likeness (QED) is 0.354. The lowest BCUT2D eigenvalue weighted by Gasteiger charge is -2.18. The molecule has 2 amide bonds. The molecular formula is C25H34N6O3. The maximum Gasteiger partial charge on any atom is 0.234 e. The van der Waals surface area contributed by atoms with Crippen molar-refractivity contribution >= 4 is 22.7 Å². The van der Waals surface area contributed by atoms with Crippen molar-refractivity contribution in [1.29, 1.82) is 0 Å². The number of nitrogens with one attached hydrogen (secondary N) is 3. The van der Waals surface area contributed by atoms with Gasteiger partial charge in [-0.15, -0.1) is 0 Å². The zero-order chi connectivity index (χ0) is 24.5. The molecule has 0 radical (unpaired) electrons. The number of ether oxygens (including phenoxy) is 1. The number of H-pyrrole nitrogens is 1. The number of fused-ring (bicyclic) bond motifs is 1. The number of benzene rings is 1. The largest absolute Gasteiger partial charge is 0.480 e. The van der Waals surface area contributed by atoms with E-state index < -0.39 is 0 Å². The van der Waals surface area contributed by atoms with Crippen LogP contribution in [0.1, 0.15) is 44.0 Å². The molecule has 0 aliphatic heterocycles. The van der Waals surface area contributed by atoms with Gasteiger partial charge in [0.15, 0.2) is 0 Å². The van der Waals surface area contributed by atoms with Gasteiger partial charge in [-0.05, 0) is 39.1 Å². The van der Waals surface area contributed by atoms with Crippen LogP contribution in [0.25, 0.3) is 22.2 Å². The Morgan fingerprint density at radius 3 is 2.68 bits per heavy atom. The molecule has 0 saturated carbocycles. The van der Waals surface area contributed by atoms with Gasteiger partial charge in [0, 0.05) is 18.9 Å². The topological polar surface area (TPSA) is 112 Å². The third-order valence-electron chi connectivity index (χ3n) is 5.57. The summed E-state index contributed by atoms with van der Waals surface area (Å²) in [5, 5.41) is 6.74. The second-order valence-electron chi connectivity index (χ2n) is 8.55. The van der Waals surface area contributed by atoms with Crippen LogP contribution in [-0.2, 0) is 9.59 Å². The van der Waals surface area contributed by atoms with Crippen LogP contribution in [0.2, 0.25) is 0 Å². The fourth-order valence-electron chi connectivity index (χ4n) is 3.84. The number of carbonyl (C=O) groups excluding carboxylic acids is 2. The first-order valence-corrected chi connectivity index (χ1v) is 11.5. The average Bonchev–Trinajstić information content (AvgIpc) is 3.31. The number of aromatic amines is 1. The van der Waals surface area contributed by atoms with Crippen molar-refractivity contribution < 1.29 is 14.3 Å². The van der Waals surface area contributed by atoms with Crippen LogP contribution >= 0.6 is 0 Å². The number of unbranched alkanes of at least 4 members (excludes halogenated alkanes) is 2. The first-order chi connectivity index (χ1) is 16.4. The van der Waals surface area contributed by atoms with Gasteiger partial charge in [0.1, 0.15) is 5.82 Å². The molecular weight excluding hydrogens is 432 g/mol. The number of rotatable bonds is 12. The zero-order valence-corrected chi connectivity index (χ0v) is 20.4. The van der Waals surface area contributed by atoms with Gasteiger partial charge in [0.05, 0.1) is 42.7 Å². The highest BCUT2D eigenvalue weighted by Crippen LogP contribution is 2.31. The van der Waals surface area contributed by atoms with Crippen molar-refractivity contribution in [3.63, 3.8) is 0 Å². The van der Waals surface area contributed by atoms with Gasteiger partial charge in [0.2, 0.25) is 17.7 Å². The standard InChI is InChI=1S/C25H34N6O3/c1-26-22(32)13-7-5-6-12-20(28-23(33)16-31(2)3)24-27-15-21(29-24)18-14-17-10-8-9-11-19(17)30-25(18)34-4/h8-11,14-15,20H,5-7,12-13,16H2,1-4H3,(H,26,32)(H,27,29)(H,28,33)/t20-/m0/s1. The summed E-state index contributed by atoms with van der Waals surface area (Å²) in [6, 6.07) is 9.63. The lowest BCUT2D eigenvalue weighted by atomic mass is 10.1. The van der Waals surface area contributed by atoms with E-state index in [9.17, 15) is 9.59 Å². The molecule has 2 aromatic heterocycles. The Morgan fingerprint density at radius 1 is 1.15 bits per heavy atom. The fraction of sp³-hybridized carbons (Fsp3) is 0.440. The molecule has 2 heterocycles. The summed E-state index contributed by atoms with van der Waals surface area (Å²) in [7, 11) is 6.96. The van der Waals surface area contributed by atoms with Crippen LogP contribution in [-0.4, -0.2) is 66.5 Å². The van der Waals surface area contributed by atoms with Crippen LogP contribution in [0.15, 0.2) is 36.5 Å². The number of carbonyl (C=O) groups is 2. The van der Waals surface area contributed by atoms with E-state index in [0.717, 1.165) is 41.4 Å². The van der Waals surface area contributed by atoms with Gasteiger partial charge in [0.25, 0.3) is 0 Å². The summed E-state index contributed by atoms with van der Waals surface area (Å²) < 4.78 is 5.54. The first-order valence-electron chi connectivity index (χ1n) is 11.5. The van der Waals surface area contributed by atoms with E-state index >= 15 is 0 Å². The van der Waals surface area contributed by atoms with Crippen LogP contribution < -0.4 is 15.4 Å². The molecule has 3 N–H and O–H groups in total. The average molecular weight is 467 g/mol. The van der Waals surface area contributed by atoms with Crippen molar-refractivity contribution in [2.45, 2.75) is 38.1 Å². The number of methoxy groups -OCH3 is 1. The molecule has 1 aromatic carbocycles. The minimum atomic E-state index is -0.263. The number of likely N-dealkylation sites (N-methyl/N-ethyl adjacent to an activating group) is 1. The summed E-state index contributed by atoms with van der Waals surface area (Å²) in [4.78, 5) is 38.4. The fourth-order valence-corrected chi connectivity index (χ4v) is 3.84. The predicted octanol–water partition coefficient (Wildman–Crippen LogP) is 3.05. The number of pyridine rings is 1. The van der Waals surface area contributed by atoms with Crippen LogP contribution in [0.5, 0.6) is 5.88 Å². The highest BCUT2D eigenvalue weighted by molar-refractivity contribution is 5.85. The van der Waals surface area contributed by atoms with Gasteiger partial charge in [-0.2, -0.15) is 0 Å². The van der Waals surface area contributed by atoms with Gasteiger partial charge >= 0.3 is 0 Å². The molecule has 1 atom stereocenters. The van der Waals surface area contributed by atoms with Gasteiger partial charge in [-0.25, -0.2) is 9.97 Å². The lowest BCUT2D eigenvalue weighted by molar-refractivity contribution is -0.122. The van der Waals surface area contributed by atoms with Crippen molar-refractivity contribution in [3.05, 3.63) is 42.4 Å². The minimum Gasteiger partial charge on any atom is -0.480 e. The maximum absolute atomic E-state index is 12.5. The summed E-state index contributed by atoms with van der Waals surface area (Å²) in [6.45, 7) is 0.295. The van der Waals surface area contributed by atoms with Gasteiger partial charge < -0.3 is 25.3 Å². The molecule has 0 aliphatic carbocycles. The Morgan fingerprint density at radius 2 is 1.94 bits per heavy atom. The normalized spacial score (nSPS) is 12.0. The molecule has 9 nitrogen and oxygen atoms in total. The maximum atomic E-state index is 12.5. The van der Waals surface area contributed by atoms with E-state index in [0.29, 0.717) is 31.1 Å². The van der Waals surface area contributed by atoms with Crippen molar-refractivity contribution in [3.8, 4) is 17.1 Å². The van der Waals surface area contributed by atoms with E-state index in [4.69, 9.17) is 4.74 Å². The second-order valence-corrected chi connectivity index (χ2v) is 8.55. The molecule has 34 heavy (non-hydrogen) atoms. The number of hydrogen-bond donors (Lipinski definition) is 3. The zero-order valence-electron chi connectivity index (χ0n) is 20.4. The van der Waals surface area contributed by atoms with E-state index in [1.54, 1.807) is 20.4 Å². The number of aromatic nitrogens is 3. The monoisotopic (exact) mass is 466 g/mol. The van der Waals surface area contributed by atoms with Crippen LogP contribution in [0.4, 0.5) is 0 Å². The van der Waals surface area contributed by atoms with Gasteiger partial charge in [-0.1, -0.05) is 31.0 Å². The SMILES string of the molecule is CNC(=O)CCCCC[C@H](NC(=O)CN(C)C)c1ncc(-c2cc3ccccc3nc2OC)[nH]1. The lowest BCUT2D eigenvalue weighted by Crippen LogP contribution is -2.36. The first kappa shape index (κ1) is 25.2. The third-order valence-corrected chi connectivity index (χ3v) is 5.57. The summed E-state index contributed by atoms with van der Waals surface area (Å²) in [5.41, 5.74) is 2.44. The summed E-state index contributed by atoms with van der Waals surface area (Å²) in [6.07, 6.45) is 5.53. The predicted molar refractivity (Wildman–Crippen MR) is 132 cm³/mol. The molecule has 0 bridgehead atoms. The number of nitrogens with zero attached hydrogens (tertiary/aromatic N) is 3. The van der Waals surface area contributed by atoms with E-state index in [2.05, 4.69) is 25.6 Å². The number of imidazole rings is 1. The van der Waals surface area contributed by atoms with Crippen molar-refractivity contribution in [2.24, 2.45) is 0 Å². The summed E-state index contributed by atoms with van der Waals surface area (Å²) >= 11 is 0. The molecule has 9 heteroatoms. The van der Waals surface area contributed by atoms with Crippen molar-refractivity contribution in [2.75, 3.05) is 34.8 Å². The van der Waals surface area contributed by atoms with E-state index in [-0.39, 0.29) is 17.9 Å². The molecule has 0 unspecified atom stereocenters. The molecule has 0 aliphatic rings. The Balaban J connectivity index is 1.79. The Labute approximate surface area is 200 Å². The van der Waals surface area contributed by atoms with Crippen molar-refractivity contribution in [1.82, 2.24) is 30.5 Å². The number of para-hydroxylation sites is 1. The molecule has 3 rings (SSSR count). The van der Waals surface area contributed by atoms with E-state index in [1.807, 2.05) is 49.3 Å². The molecule has 3 aromatic rings. The Kier molecular flexibility index (Phi) is 8.98. The number of amides is 2. The third kappa shape index (κ3) is 6.77. The second kappa shape index (κ2) is 12.1. The molecule has 0 spiro atoms. The summed E-state index contributed by atoms with van der Waals surface area (Å²) in [5.74, 6) is 1.17. The van der Waals surface area contributed by atoms with Crippen LogP contribution in [0.3, 0.4) is 0 Å². The van der Waals surface area contributed by atoms with E-state index in [1.165, 1.54) is 0 Å². The molecule has 0 saturated heterocycles. The smallest absolute Gasteiger partial charge is 0.234 e. The van der Waals surface area contributed by atoms with Gasteiger partial charge in [-0.3, -0.25) is 9.59 Å². The highest BCUT2D eigenvalue weighted by Gasteiger charge is 2.20. The molecule has 182 valence electrons. The Hall–Kier alpha value is -3.46. The Bertz CT molecular complexity index is 1110. The van der Waals surface area contributed by atoms with Crippen LogP contribution in [0, 0.1) is 0 Å². The minimum absolute atomic E-state index is 0.0458.